The number of unbranched alkanes of at least 4 members (excludes halogenated alkanes) is 1. The van der Waals surface area contributed by atoms with E-state index in [1.165, 1.54) is 29.0 Å². The summed E-state index contributed by atoms with van der Waals surface area (Å²) in [5.41, 5.74) is 4.46. The van der Waals surface area contributed by atoms with Gasteiger partial charge in [-0.25, -0.2) is 9.18 Å². The number of nitrogen functional groups attached to an aromatic ring is 1. The zero-order chi connectivity index (χ0) is 22.4. The summed E-state index contributed by atoms with van der Waals surface area (Å²) in [6, 6.07) is 8.89. The number of nitrogens with one attached hydrogen (secondary N) is 1. The van der Waals surface area contributed by atoms with Gasteiger partial charge in [-0.15, -0.1) is 0 Å². The third-order valence-corrected chi connectivity index (χ3v) is 4.60. The number of halogens is 1. The first-order valence-electron chi connectivity index (χ1n) is 9.75. The van der Waals surface area contributed by atoms with E-state index in [1.54, 1.807) is 18.2 Å². The molecule has 0 bridgehead atoms. The van der Waals surface area contributed by atoms with Crippen LogP contribution in [0.25, 0.3) is 0 Å². The van der Waals surface area contributed by atoms with Crippen molar-refractivity contribution in [2.24, 2.45) is 0 Å². The van der Waals surface area contributed by atoms with Crippen molar-refractivity contribution in [2.75, 3.05) is 17.2 Å². The van der Waals surface area contributed by atoms with Gasteiger partial charge in [-0.3, -0.25) is 24.0 Å². The third-order valence-electron chi connectivity index (χ3n) is 4.60. The molecule has 0 aliphatic heterocycles. The molecule has 164 valence electrons. The lowest BCUT2D eigenvalue weighted by Crippen LogP contribution is -2.42. The summed E-state index contributed by atoms with van der Waals surface area (Å²) in [4.78, 5) is 41.1. The smallest absolute Gasteiger partial charge is 0.330 e. The fourth-order valence-electron chi connectivity index (χ4n) is 3.01. The number of hydrogen-bond donors (Lipinski definition) is 2. The number of ether oxygens (including phenoxy) is 1. The lowest BCUT2D eigenvalue weighted by Gasteiger charge is -2.24. The molecule has 10 heteroatoms. The normalized spacial score (nSPS) is 10.8. The number of furan rings is 1. The summed E-state index contributed by atoms with van der Waals surface area (Å²) in [6.45, 7) is 1.53. The van der Waals surface area contributed by atoms with Gasteiger partial charge in [0.05, 0.1) is 12.8 Å². The number of aromatic nitrogens is 2. The van der Waals surface area contributed by atoms with Gasteiger partial charge in [0.2, 0.25) is 0 Å². The Morgan fingerprint density at radius 2 is 2.03 bits per heavy atom. The zero-order valence-electron chi connectivity index (χ0n) is 17.0. The fourth-order valence-corrected chi connectivity index (χ4v) is 3.01. The number of nitrogens with two attached hydrogens (primary N) is 1. The summed E-state index contributed by atoms with van der Waals surface area (Å²) in [5.74, 6) is -1.17. The average Bonchev–Trinajstić information content (AvgIpc) is 3.25. The molecule has 1 amide bonds. The lowest BCUT2D eigenvalue weighted by molar-refractivity contribution is -0.120. The van der Waals surface area contributed by atoms with Crippen LogP contribution in [0, 0.1) is 5.82 Å². The second-order valence-corrected chi connectivity index (χ2v) is 6.78. The van der Waals surface area contributed by atoms with Gasteiger partial charge in [0, 0.05) is 6.54 Å². The number of benzene rings is 1. The zero-order valence-corrected chi connectivity index (χ0v) is 17.0. The maximum absolute atomic E-state index is 13.8. The Labute approximate surface area is 176 Å². The summed E-state index contributed by atoms with van der Waals surface area (Å²) in [5, 5.41) is 0. The first kappa shape index (κ1) is 21.9. The first-order chi connectivity index (χ1) is 14.9. The molecule has 0 fully saturated rings. The molecule has 0 saturated carbocycles. The number of aromatic amines is 1. The van der Waals surface area contributed by atoms with Gasteiger partial charge < -0.3 is 14.9 Å². The van der Waals surface area contributed by atoms with Crippen LogP contribution in [-0.4, -0.2) is 22.1 Å². The Bertz CT molecular complexity index is 1150. The van der Waals surface area contributed by atoms with E-state index in [9.17, 15) is 18.8 Å². The van der Waals surface area contributed by atoms with Gasteiger partial charge in [0.25, 0.3) is 11.5 Å². The Morgan fingerprint density at radius 1 is 1.26 bits per heavy atom. The van der Waals surface area contributed by atoms with Crippen LogP contribution >= 0.6 is 0 Å². The van der Waals surface area contributed by atoms with Crippen molar-refractivity contribution in [1.82, 2.24) is 9.55 Å². The van der Waals surface area contributed by atoms with Crippen molar-refractivity contribution in [3.63, 3.8) is 0 Å². The number of anilines is 2. The van der Waals surface area contributed by atoms with Gasteiger partial charge in [-0.05, 0) is 30.7 Å². The van der Waals surface area contributed by atoms with Gasteiger partial charge in [-0.1, -0.05) is 25.5 Å². The largest absolute Gasteiger partial charge is 0.481 e. The highest BCUT2D eigenvalue weighted by molar-refractivity contribution is 5.96. The minimum Gasteiger partial charge on any atom is -0.481 e. The van der Waals surface area contributed by atoms with Crippen LogP contribution in [0.15, 0.2) is 56.7 Å². The second-order valence-electron chi connectivity index (χ2n) is 6.78. The fraction of sp³-hybridized carbons (Fsp3) is 0.286. The molecule has 0 spiro atoms. The Hall–Kier alpha value is -3.82. The monoisotopic (exact) mass is 430 g/mol. The molecule has 0 atom stereocenters. The predicted molar refractivity (Wildman–Crippen MR) is 112 cm³/mol. The Kier molecular flexibility index (Phi) is 6.91. The number of carbonyl (C=O) groups excluding carboxylic acids is 1. The Morgan fingerprint density at radius 3 is 2.71 bits per heavy atom. The predicted octanol–water partition coefficient (Wildman–Crippen LogP) is 2.26. The van der Waals surface area contributed by atoms with Gasteiger partial charge in [0.1, 0.15) is 11.6 Å². The highest BCUT2D eigenvalue weighted by Gasteiger charge is 2.26. The highest BCUT2D eigenvalue weighted by atomic mass is 19.1. The molecular formula is C21H23FN4O5. The van der Waals surface area contributed by atoms with E-state index in [0.717, 1.165) is 11.3 Å². The number of H-pyrrole nitrogens is 1. The maximum Gasteiger partial charge on any atom is 0.330 e. The summed E-state index contributed by atoms with van der Waals surface area (Å²) >= 11 is 0. The van der Waals surface area contributed by atoms with Gasteiger partial charge >= 0.3 is 5.69 Å². The van der Waals surface area contributed by atoms with Gasteiger partial charge in [0.15, 0.2) is 23.9 Å². The van der Waals surface area contributed by atoms with E-state index in [-0.39, 0.29) is 30.3 Å². The molecule has 2 aromatic heterocycles. The van der Waals surface area contributed by atoms with E-state index >= 15 is 0 Å². The van der Waals surface area contributed by atoms with Gasteiger partial charge in [-0.2, -0.15) is 0 Å². The van der Waals surface area contributed by atoms with Crippen LogP contribution < -0.4 is 26.6 Å². The summed E-state index contributed by atoms with van der Waals surface area (Å²) < 4.78 is 25.6. The maximum atomic E-state index is 13.8. The number of para-hydroxylation sites is 1. The minimum atomic E-state index is -0.818. The van der Waals surface area contributed by atoms with Crippen molar-refractivity contribution in [3.8, 4) is 5.75 Å². The molecule has 1 aromatic carbocycles. The average molecular weight is 430 g/mol. The molecule has 0 aliphatic carbocycles. The van der Waals surface area contributed by atoms with Crippen molar-refractivity contribution < 1.29 is 18.3 Å². The number of rotatable bonds is 9. The molecular weight excluding hydrogens is 407 g/mol. The van der Waals surface area contributed by atoms with E-state index < -0.39 is 29.6 Å². The van der Waals surface area contributed by atoms with Crippen LogP contribution in [-0.2, 0) is 17.9 Å². The van der Waals surface area contributed by atoms with Crippen molar-refractivity contribution >= 4 is 17.4 Å². The SMILES string of the molecule is CCCCn1c(N)c(N(Cc2ccco2)C(=O)COc2ccccc2F)c(=O)[nH]c1=O. The van der Waals surface area contributed by atoms with E-state index in [4.69, 9.17) is 14.9 Å². The van der Waals surface area contributed by atoms with Crippen LogP contribution in [0.4, 0.5) is 15.9 Å². The highest BCUT2D eigenvalue weighted by Crippen LogP contribution is 2.21. The van der Waals surface area contributed by atoms with E-state index in [2.05, 4.69) is 4.98 Å². The molecule has 31 heavy (non-hydrogen) atoms. The number of nitrogens with zero attached hydrogens (tertiary/aromatic N) is 2. The van der Waals surface area contributed by atoms with Crippen LogP contribution in [0.2, 0.25) is 0 Å². The molecule has 2 heterocycles. The first-order valence-corrected chi connectivity index (χ1v) is 9.75. The summed E-state index contributed by atoms with van der Waals surface area (Å²) in [6.07, 6.45) is 2.87. The van der Waals surface area contributed by atoms with Crippen LogP contribution in [0.1, 0.15) is 25.5 Å². The summed E-state index contributed by atoms with van der Waals surface area (Å²) in [7, 11) is 0. The third kappa shape index (κ3) is 5.03. The van der Waals surface area contributed by atoms with Crippen LogP contribution in [0.5, 0.6) is 5.75 Å². The second kappa shape index (κ2) is 9.79. The van der Waals surface area contributed by atoms with E-state index in [1.807, 2.05) is 6.92 Å². The quantitative estimate of drug-likeness (QED) is 0.537. The topological polar surface area (TPSA) is 124 Å². The number of carbonyl (C=O) groups is 1. The molecule has 3 N–H and O–H groups in total. The van der Waals surface area contributed by atoms with Crippen molar-refractivity contribution in [3.05, 3.63) is 75.1 Å². The van der Waals surface area contributed by atoms with Crippen LogP contribution in [0.3, 0.4) is 0 Å². The minimum absolute atomic E-state index is 0.108. The lowest BCUT2D eigenvalue weighted by atomic mass is 10.3. The van der Waals surface area contributed by atoms with Crippen molar-refractivity contribution in [2.45, 2.75) is 32.9 Å². The molecule has 3 rings (SSSR count). The molecule has 0 saturated heterocycles. The molecule has 0 radical (unpaired) electrons. The Balaban J connectivity index is 1.97. The standard InChI is InChI=1S/C21H23FN4O5/c1-2-3-10-25-19(23)18(20(28)24-21(25)29)26(12-14-7-6-11-30-14)17(27)13-31-16-9-5-4-8-15(16)22/h4-9,11H,2-3,10,12-13,23H2,1H3,(H,24,28,29). The van der Waals surface area contributed by atoms with E-state index in [0.29, 0.717) is 12.2 Å². The molecule has 0 aliphatic rings. The van der Waals surface area contributed by atoms with Crippen molar-refractivity contribution in [1.29, 1.82) is 0 Å². The number of amides is 1. The molecule has 3 aromatic rings. The molecule has 9 nitrogen and oxygen atoms in total. The molecule has 0 unspecified atom stereocenters. The number of hydrogen-bond acceptors (Lipinski definition) is 6.